The molecule has 0 spiro atoms. The minimum absolute atomic E-state index is 0.0621. The molecule has 0 radical (unpaired) electrons. The normalized spacial score (nSPS) is 14.4. The van der Waals surface area contributed by atoms with Crippen molar-refractivity contribution in [1.82, 2.24) is 0 Å². The Morgan fingerprint density at radius 3 is 1.76 bits per heavy atom. The second-order valence-electron chi connectivity index (χ2n) is 8.26. The third-order valence-corrected chi connectivity index (χ3v) is 6.58. The van der Waals surface area contributed by atoms with Gasteiger partial charge in [-0.05, 0) is 22.9 Å². The van der Waals surface area contributed by atoms with Crippen molar-refractivity contribution in [3.05, 3.63) is 114 Å². The zero-order valence-corrected chi connectivity index (χ0v) is 17.3. The summed E-state index contributed by atoms with van der Waals surface area (Å²) in [7, 11) is 0. The van der Waals surface area contributed by atoms with E-state index in [-0.39, 0.29) is 11.5 Å². The standard InChI is InChI=1S/C28H18FNO3/c29-18-11-14-21-24(15-18)30-27(33)28(21,22-12-9-16-5-1-3-7-19(16)25(22)31)23-13-10-17-6-2-4-8-20(17)26(23)32/h1-15,31-32H,(H,30,33). The molecule has 33 heavy (non-hydrogen) atoms. The van der Waals surface area contributed by atoms with Gasteiger partial charge in [-0.1, -0.05) is 78.9 Å². The highest BCUT2D eigenvalue weighted by Crippen LogP contribution is 2.54. The molecule has 0 saturated carbocycles. The summed E-state index contributed by atoms with van der Waals surface area (Å²) in [6.07, 6.45) is 0. The summed E-state index contributed by atoms with van der Waals surface area (Å²) in [5, 5.41) is 28.4. The number of carbonyl (C=O) groups excluding carboxylic acids is 1. The number of anilines is 1. The van der Waals surface area contributed by atoms with Crippen LogP contribution in [-0.2, 0) is 10.2 Å². The van der Waals surface area contributed by atoms with Crippen LogP contribution in [0.4, 0.5) is 10.1 Å². The number of benzene rings is 5. The second-order valence-corrected chi connectivity index (χ2v) is 8.26. The average molecular weight is 435 g/mol. The van der Waals surface area contributed by atoms with Crippen LogP contribution in [-0.4, -0.2) is 16.1 Å². The van der Waals surface area contributed by atoms with Gasteiger partial charge in [-0.3, -0.25) is 4.79 Å². The Morgan fingerprint density at radius 1 is 0.667 bits per heavy atom. The van der Waals surface area contributed by atoms with E-state index in [2.05, 4.69) is 5.32 Å². The van der Waals surface area contributed by atoms with E-state index in [1.807, 2.05) is 48.5 Å². The van der Waals surface area contributed by atoms with Crippen LogP contribution >= 0.6 is 0 Å². The van der Waals surface area contributed by atoms with Crippen molar-refractivity contribution in [2.45, 2.75) is 5.41 Å². The summed E-state index contributed by atoms with van der Waals surface area (Å²) in [4.78, 5) is 13.8. The summed E-state index contributed by atoms with van der Waals surface area (Å²) in [5.41, 5.74) is -0.180. The monoisotopic (exact) mass is 435 g/mol. The zero-order valence-electron chi connectivity index (χ0n) is 17.3. The molecule has 0 bridgehead atoms. The Morgan fingerprint density at radius 2 is 1.18 bits per heavy atom. The number of amides is 1. The van der Waals surface area contributed by atoms with Crippen LogP contribution in [0.25, 0.3) is 21.5 Å². The van der Waals surface area contributed by atoms with Gasteiger partial charge in [-0.2, -0.15) is 0 Å². The number of phenolic OH excluding ortho intramolecular Hbond substituents is 2. The molecule has 0 aliphatic carbocycles. The van der Waals surface area contributed by atoms with E-state index >= 15 is 0 Å². The predicted molar refractivity (Wildman–Crippen MR) is 126 cm³/mol. The quantitative estimate of drug-likeness (QED) is 0.327. The number of carbonyl (C=O) groups is 1. The average Bonchev–Trinajstić information content (AvgIpc) is 3.11. The number of hydrogen-bond acceptors (Lipinski definition) is 3. The number of hydrogen-bond donors (Lipinski definition) is 3. The maximum absolute atomic E-state index is 14.1. The van der Waals surface area contributed by atoms with E-state index in [0.29, 0.717) is 33.2 Å². The summed E-state index contributed by atoms with van der Waals surface area (Å²) >= 11 is 0. The van der Waals surface area contributed by atoms with E-state index in [0.717, 1.165) is 10.8 Å². The molecule has 0 aromatic heterocycles. The van der Waals surface area contributed by atoms with E-state index in [1.165, 1.54) is 18.2 Å². The second kappa shape index (κ2) is 6.81. The number of fused-ring (bicyclic) bond motifs is 3. The summed E-state index contributed by atoms with van der Waals surface area (Å²) in [5.74, 6) is -1.09. The van der Waals surface area contributed by atoms with Gasteiger partial charge in [0.15, 0.2) is 0 Å². The van der Waals surface area contributed by atoms with Crippen LogP contribution in [0.15, 0.2) is 91.0 Å². The first-order valence-corrected chi connectivity index (χ1v) is 10.6. The molecule has 3 N–H and O–H groups in total. The Kier molecular flexibility index (Phi) is 3.98. The van der Waals surface area contributed by atoms with Gasteiger partial charge in [0.05, 0.1) is 0 Å². The summed E-state index contributed by atoms with van der Waals surface area (Å²) in [6, 6.07) is 25.8. The van der Waals surface area contributed by atoms with E-state index < -0.39 is 17.1 Å². The van der Waals surface area contributed by atoms with Crippen molar-refractivity contribution in [3.63, 3.8) is 0 Å². The topological polar surface area (TPSA) is 69.6 Å². The molecular formula is C28H18FNO3. The molecule has 0 unspecified atom stereocenters. The lowest BCUT2D eigenvalue weighted by Gasteiger charge is -2.31. The molecule has 5 aromatic rings. The first-order chi connectivity index (χ1) is 16.0. The first kappa shape index (κ1) is 19.3. The maximum Gasteiger partial charge on any atom is 0.244 e. The number of halogens is 1. The summed E-state index contributed by atoms with van der Waals surface area (Å²) < 4.78 is 14.1. The molecular weight excluding hydrogens is 417 g/mol. The molecule has 0 atom stereocenters. The number of rotatable bonds is 2. The van der Waals surface area contributed by atoms with Gasteiger partial charge in [0.25, 0.3) is 0 Å². The third-order valence-electron chi connectivity index (χ3n) is 6.58. The Hall–Kier alpha value is -4.38. The van der Waals surface area contributed by atoms with Crippen molar-refractivity contribution in [3.8, 4) is 11.5 Å². The molecule has 6 rings (SSSR count). The van der Waals surface area contributed by atoms with Crippen LogP contribution in [0.3, 0.4) is 0 Å². The Bertz CT molecular complexity index is 1520. The predicted octanol–water partition coefficient (Wildman–Crippen LogP) is 5.83. The molecule has 4 nitrogen and oxygen atoms in total. The lowest BCUT2D eigenvalue weighted by atomic mass is 9.68. The van der Waals surface area contributed by atoms with Gasteiger partial charge in [-0.25, -0.2) is 4.39 Å². The minimum Gasteiger partial charge on any atom is -0.507 e. The fourth-order valence-electron chi connectivity index (χ4n) is 5.08. The van der Waals surface area contributed by atoms with Gasteiger partial charge >= 0.3 is 0 Å². The summed E-state index contributed by atoms with van der Waals surface area (Å²) in [6.45, 7) is 0. The van der Waals surface area contributed by atoms with Crippen LogP contribution in [0.5, 0.6) is 11.5 Å². The molecule has 1 heterocycles. The largest absolute Gasteiger partial charge is 0.507 e. The van der Waals surface area contributed by atoms with Crippen molar-refractivity contribution in [2.75, 3.05) is 5.32 Å². The Balaban J connectivity index is 1.78. The van der Waals surface area contributed by atoms with Gasteiger partial charge in [0.1, 0.15) is 22.7 Å². The third kappa shape index (κ3) is 2.53. The van der Waals surface area contributed by atoms with E-state index in [9.17, 15) is 19.4 Å². The molecule has 1 amide bonds. The maximum atomic E-state index is 14.1. The van der Waals surface area contributed by atoms with E-state index in [1.54, 1.807) is 24.3 Å². The smallest absolute Gasteiger partial charge is 0.244 e. The van der Waals surface area contributed by atoms with Crippen LogP contribution in [0, 0.1) is 5.82 Å². The number of phenols is 2. The van der Waals surface area contributed by atoms with Crippen LogP contribution in [0.2, 0.25) is 0 Å². The lowest BCUT2D eigenvalue weighted by Crippen LogP contribution is -2.37. The van der Waals surface area contributed by atoms with Crippen molar-refractivity contribution >= 4 is 33.1 Å². The SMILES string of the molecule is O=C1Nc2cc(F)ccc2C1(c1ccc2ccccc2c1O)c1ccc2ccccc2c1O. The van der Waals surface area contributed by atoms with Gasteiger partial charge < -0.3 is 15.5 Å². The molecule has 5 heteroatoms. The first-order valence-electron chi connectivity index (χ1n) is 10.6. The molecule has 160 valence electrons. The fraction of sp³-hybridized carbons (Fsp3) is 0.0357. The highest BCUT2D eigenvalue weighted by Gasteiger charge is 2.53. The van der Waals surface area contributed by atoms with Crippen molar-refractivity contribution in [1.29, 1.82) is 0 Å². The van der Waals surface area contributed by atoms with E-state index in [4.69, 9.17) is 0 Å². The highest BCUT2D eigenvalue weighted by atomic mass is 19.1. The Labute approximate surface area is 188 Å². The number of aromatic hydroxyl groups is 2. The van der Waals surface area contributed by atoms with Crippen molar-refractivity contribution in [2.24, 2.45) is 0 Å². The van der Waals surface area contributed by atoms with Crippen LogP contribution in [0.1, 0.15) is 16.7 Å². The lowest BCUT2D eigenvalue weighted by molar-refractivity contribution is -0.118. The molecule has 1 aliphatic heterocycles. The van der Waals surface area contributed by atoms with Gasteiger partial charge in [0, 0.05) is 33.2 Å². The molecule has 0 fully saturated rings. The molecule has 5 aromatic carbocycles. The zero-order chi connectivity index (χ0) is 22.7. The van der Waals surface area contributed by atoms with Crippen molar-refractivity contribution < 1.29 is 19.4 Å². The molecule has 1 aliphatic rings. The fourth-order valence-corrected chi connectivity index (χ4v) is 5.08. The van der Waals surface area contributed by atoms with Crippen LogP contribution < -0.4 is 5.32 Å². The highest BCUT2D eigenvalue weighted by molar-refractivity contribution is 6.13. The van der Waals surface area contributed by atoms with Gasteiger partial charge in [0.2, 0.25) is 5.91 Å². The molecule has 0 saturated heterocycles. The van der Waals surface area contributed by atoms with Gasteiger partial charge in [-0.15, -0.1) is 0 Å². The number of nitrogens with one attached hydrogen (secondary N) is 1. The minimum atomic E-state index is -1.58.